The van der Waals surface area contributed by atoms with Crippen LogP contribution in [0.5, 0.6) is 0 Å². The topological polar surface area (TPSA) is 74.6 Å². The molecule has 2 unspecified atom stereocenters. The molecule has 4 nitrogen and oxygen atoms in total. The molecule has 0 radical (unpaired) electrons. The zero-order valence-corrected chi connectivity index (χ0v) is 11.8. The fraction of sp³-hybridized carbons (Fsp3) is 0.385. The first-order chi connectivity index (χ1) is 8.38. The normalized spacial score (nSPS) is 14.0. The molecular weight excluding hydrogens is 300 g/mol. The summed E-state index contributed by atoms with van der Waals surface area (Å²) in [4.78, 5) is 22.3. The van der Waals surface area contributed by atoms with Crippen molar-refractivity contribution >= 4 is 27.7 Å². The number of aliphatic hydroxyl groups excluding tert-OH is 1. The molecule has 1 rings (SSSR count). The van der Waals surface area contributed by atoms with Gasteiger partial charge in [-0.1, -0.05) is 35.0 Å². The van der Waals surface area contributed by atoms with Crippen LogP contribution >= 0.6 is 15.9 Å². The van der Waals surface area contributed by atoms with Crippen molar-refractivity contribution in [2.75, 3.05) is 0 Å². The lowest BCUT2D eigenvalue weighted by molar-refractivity contribution is -0.147. The van der Waals surface area contributed by atoms with Gasteiger partial charge >= 0.3 is 5.97 Å². The number of aryl methyl sites for hydroxylation is 1. The van der Waals surface area contributed by atoms with Gasteiger partial charge in [0.25, 0.3) is 0 Å². The third-order valence-corrected chi connectivity index (χ3v) is 3.11. The number of hydrogen-bond acceptors (Lipinski definition) is 3. The second-order valence-electron chi connectivity index (χ2n) is 3.99. The van der Waals surface area contributed by atoms with E-state index in [-0.39, 0.29) is 10.6 Å². The van der Waals surface area contributed by atoms with E-state index in [2.05, 4.69) is 15.9 Å². The van der Waals surface area contributed by atoms with Crippen molar-refractivity contribution in [3.8, 4) is 0 Å². The van der Waals surface area contributed by atoms with Crippen molar-refractivity contribution in [2.45, 2.75) is 31.2 Å². The number of aliphatic hydroxyl groups is 1. The zero-order valence-electron chi connectivity index (χ0n) is 10.2. The number of carbonyl (C=O) groups is 2. The number of ketones is 1. The number of carboxylic acids is 1. The summed E-state index contributed by atoms with van der Waals surface area (Å²) in [6.45, 7) is 3.58. The second kappa shape index (κ2) is 6.11. The maximum Gasteiger partial charge on any atom is 0.337 e. The Morgan fingerprint density at radius 2 is 2.00 bits per heavy atom. The Morgan fingerprint density at radius 3 is 2.44 bits per heavy atom. The molecule has 0 fully saturated rings. The summed E-state index contributed by atoms with van der Waals surface area (Å²) < 4.78 is 0. The largest absolute Gasteiger partial charge is 0.479 e. The SMILES string of the molecule is CCc1cc(C(=O)C(C)Br)ccc1C(O)C(=O)O. The number of rotatable bonds is 5. The van der Waals surface area contributed by atoms with Gasteiger partial charge in [0.15, 0.2) is 11.9 Å². The highest BCUT2D eigenvalue weighted by Crippen LogP contribution is 2.22. The molecule has 0 bridgehead atoms. The summed E-state index contributed by atoms with van der Waals surface area (Å²) in [6, 6.07) is 4.68. The van der Waals surface area contributed by atoms with E-state index in [1.54, 1.807) is 19.1 Å². The molecule has 98 valence electrons. The van der Waals surface area contributed by atoms with Crippen LogP contribution in [-0.4, -0.2) is 26.8 Å². The van der Waals surface area contributed by atoms with Gasteiger partial charge in [0.05, 0.1) is 4.83 Å². The van der Waals surface area contributed by atoms with Crippen LogP contribution in [0.4, 0.5) is 0 Å². The number of carboxylic acid groups (broad SMARTS) is 1. The van der Waals surface area contributed by atoms with Gasteiger partial charge in [-0.05, 0) is 30.5 Å². The Morgan fingerprint density at radius 1 is 1.39 bits per heavy atom. The van der Waals surface area contributed by atoms with Gasteiger partial charge < -0.3 is 10.2 Å². The van der Waals surface area contributed by atoms with Gasteiger partial charge in [-0.2, -0.15) is 0 Å². The van der Waals surface area contributed by atoms with Gasteiger partial charge in [0.1, 0.15) is 0 Å². The smallest absolute Gasteiger partial charge is 0.337 e. The van der Waals surface area contributed by atoms with Gasteiger partial charge in [0.2, 0.25) is 0 Å². The van der Waals surface area contributed by atoms with E-state index in [9.17, 15) is 14.7 Å². The van der Waals surface area contributed by atoms with Crippen molar-refractivity contribution in [3.63, 3.8) is 0 Å². The Labute approximate surface area is 114 Å². The Kier molecular flexibility index (Phi) is 5.04. The average Bonchev–Trinajstić information content (AvgIpc) is 2.35. The van der Waals surface area contributed by atoms with Crippen molar-refractivity contribution in [3.05, 3.63) is 34.9 Å². The molecule has 0 aliphatic carbocycles. The van der Waals surface area contributed by atoms with E-state index >= 15 is 0 Å². The third kappa shape index (κ3) is 3.17. The Balaban J connectivity index is 3.19. The van der Waals surface area contributed by atoms with Crippen LogP contribution < -0.4 is 0 Å². The lowest BCUT2D eigenvalue weighted by Crippen LogP contribution is -2.15. The quantitative estimate of drug-likeness (QED) is 0.646. The number of benzene rings is 1. The number of halogens is 1. The van der Waals surface area contributed by atoms with Gasteiger partial charge in [-0.3, -0.25) is 4.79 Å². The minimum Gasteiger partial charge on any atom is -0.479 e. The highest BCUT2D eigenvalue weighted by atomic mass is 79.9. The summed E-state index contributed by atoms with van der Waals surface area (Å²) >= 11 is 3.20. The molecule has 0 saturated carbocycles. The predicted molar refractivity (Wildman–Crippen MR) is 71.1 cm³/mol. The van der Waals surface area contributed by atoms with Crippen molar-refractivity contribution in [1.82, 2.24) is 0 Å². The van der Waals surface area contributed by atoms with Crippen LogP contribution in [0, 0.1) is 0 Å². The number of hydrogen-bond donors (Lipinski definition) is 2. The molecule has 1 aromatic carbocycles. The van der Waals surface area contributed by atoms with Crippen LogP contribution in [0.15, 0.2) is 18.2 Å². The first-order valence-corrected chi connectivity index (χ1v) is 6.52. The molecule has 0 saturated heterocycles. The van der Waals surface area contributed by atoms with E-state index < -0.39 is 12.1 Å². The van der Waals surface area contributed by atoms with Crippen molar-refractivity contribution in [1.29, 1.82) is 0 Å². The van der Waals surface area contributed by atoms with Gasteiger partial charge in [-0.25, -0.2) is 4.79 Å². The van der Waals surface area contributed by atoms with Crippen molar-refractivity contribution < 1.29 is 19.8 Å². The minimum atomic E-state index is -1.55. The predicted octanol–water partition coefficient (Wildman–Crippen LogP) is 2.33. The first-order valence-electron chi connectivity index (χ1n) is 5.60. The van der Waals surface area contributed by atoms with E-state index in [0.29, 0.717) is 23.1 Å². The monoisotopic (exact) mass is 314 g/mol. The molecule has 1 aromatic rings. The molecule has 0 aliphatic rings. The Bertz CT molecular complexity index is 468. The summed E-state index contributed by atoms with van der Waals surface area (Å²) in [5.41, 5.74) is 1.52. The maximum atomic E-state index is 11.8. The summed E-state index contributed by atoms with van der Waals surface area (Å²) in [5, 5.41) is 18.4. The van der Waals surface area contributed by atoms with E-state index in [0.717, 1.165) is 0 Å². The third-order valence-electron chi connectivity index (χ3n) is 2.70. The fourth-order valence-corrected chi connectivity index (χ4v) is 1.96. The number of aliphatic carboxylic acids is 1. The lowest BCUT2D eigenvalue weighted by atomic mass is 9.96. The van der Waals surface area contributed by atoms with Crippen LogP contribution in [-0.2, 0) is 11.2 Å². The van der Waals surface area contributed by atoms with Crippen molar-refractivity contribution in [2.24, 2.45) is 0 Å². The zero-order chi connectivity index (χ0) is 13.9. The van der Waals surface area contributed by atoms with Crippen LogP contribution in [0.1, 0.15) is 41.4 Å². The highest BCUT2D eigenvalue weighted by molar-refractivity contribution is 9.10. The Hall–Kier alpha value is -1.20. The second-order valence-corrected chi connectivity index (χ2v) is 5.36. The summed E-state index contributed by atoms with van der Waals surface area (Å²) in [6.07, 6.45) is -0.997. The molecule has 0 aliphatic heterocycles. The molecule has 2 N–H and O–H groups in total. The number of alkyl halides is 1. The van der Waals surface area contributed by atoms with E-state index in [1.165, 1.54) is 6.07 Å². The minimum absolute atomic E-state index is 0.0685. The first kappa shape index (κ1) is 14.9. The van der Waals surface area contributed by atoms with Gasteiger partial charge in [0, 0.05) is 5.56 Å². The average molecular weight is 315 g/mol. The molecule has 0 amide bonds. The van der Waals surface area contributed by atoms with Crippen LogP contribution in [0.3, 0.4) is 0 Å². The molecule has 0 heterocycles. The molecular formula is C13H15BrO4. The molecule has 0 aromatic heterocycles. The number of carbonyl (C=O) groups excluding carboxylic acids is 1. The standard InChI is InChI=1S/C13H15BrO4/c1-3-8-6-9(11(15)7(2)14)4-5-10(8)12(16)13(17)18/h4-7,12,16H,3H2,1-2H3,(H,17,18). The highest BCUT2D eigenvalue weighted by Gasteiger charge is 2.20. The number of Topliss-reactive ketones (excluding diaryl/α,β-unsaturated/α-hetero) is 1. The van der Waals surface area contributed by atoms with E-state index in [4.69, 9.17) is 5.11 Å². The summed E-state index contributed by atoms with van der Waals surface area (Å²) in [5.74, 6) is -1.36. The maximum absolute atomic E-state index is 11.8. The van der Waals surface area contributed by atoms with Crippen LogP contribution in [0.2, 0.25) is 0 Å². The molecule has 18 heavy (non-hydrogen) atoms. The molecule has 5 heteroatoms. The lowest BCUT2D eigenvalue weighted by Gasteiger charge is -2.13. The van der Waals surface area contributed by atoms with Crippen LogP contribution in [0.25, 0.3) is 0 Å². The fourth-order valence-electron chi connectivity index (χ4n) is 1.69. The molecule has 0 spiro atoms. The molecule has 2 atom stereocenters. The van der Waals surface area contributed by atoms with E-state index in [1.807, 2.05) is 6.92 Å². The summed E-state index contributed by atoms with van der Waals surface area (Å²) in [7, 11) is 0. The van der Waals surface area contributed by atoms with Gasteiger partial charge in [-0.15, -0.1) is 0 Å².